The zero-order chi connectivity index (χ0) is 28.6. The molecule has 0 radical (unpaired) electrons. The largest absolute Gasteiger partial charge is 0.310 e. The van der Waals surface area contributed by atoms with E-state index in [1.807, 2.05) is 6.08 Å². The van der Waals surface area contributed by atoms with Crippen LogP contribution in [0.15, 0.2) is 134 Å². The maximum Gasteiger partial charge on any atom is 0.0465 e. The minimum absolute atomic E-state index is 0.0527. The zero-order valence-corrected chi connectivity index (χ0v) is 24.5. The van der Waals surface area contributed by atoms with Gasteiger partial charge in [0.15, 0.2) is 0 Å². The number of allylic oxidation sites excluding steroid dienone is 3. The van der Waals surface area contributed by atoms with Crippen LogP contribution in [0.1, 0.15) is 49.4 Å². The number of fused-ring (bicyclic) bond motifs is 3. The molecule has 1 aliphatic rings. The van der Waals surface area contributed by atoms with E-state index in [9.17, 15) is 0 Å². The number of aryl methyl sites for hydroxylation is 1. The molecule has 0 amide bonds. The van der Waals surface area contributed by atoms with Gasteiger partial charge in [0.25, 0.3) is 0 Å². The Morgan fingerprint density at radius 3 is 1.88 bits per heavy atom. The predicted octanol–water partition coefficient (Wildman–Crippen LogP) is 11.4. The summed E-state index contributed by atoms with van der Waals surface area (Å²) in [5.41, 5.74) is 15.0. The van der Waals surface area contributed by atoms with Crippen molar-refractivity contribution in [3.63, 3.8) is 0 Å². The molecule has 0 atom stereocenters. The van der Waals surface area contributed by atoms with Crippen molar-refractivity contribution in [2.75, 3.05) is 4.90 Å². The van der Waals surface area contributed by atoms with Gasteiger partial charge in [0.2, 0.25) is 0 Å². The first kappa shape index (κ1) is 26.6. The number of para-hydroxylation sites is 1. The lowest BCUT2D eigenvalue weighted by molar-refractivity contribution is 0.660. The third-order valence-electron chi connectivity index (χ3n) is 8.41. The van der Waals surface area contributed by atoms with Gasteiger partial charge in [-0.3, -0.25) is 0 Å². The molecule has 0 fully saturated rings. The van der Waals surface area contributed by atoms with Crippen molar-refractivity contribution in [1.82, 2.24) is 0 Å². The van der Waals surface area contributed by atoms with Gasteiger partial charge in [0, 0.05) is 22.5 Å². The molecule has 6 rings (SSSR count). The minimum atomic E-state index is -0.0527. The quantitative estimate of drug-likeness (QED) is 0.189. The molecule has 1 aliphatic carbocycles. The van der Waals surface area contributed by atoms with Crippen LogP contribution in [-0.2, 0) is 5.41 Å². The summed E-state index contributed by atoms with van der Waals surface area (Å²) in [5.74, 6) is 0. The van der Waals surface area contributed by atoms with Crippen LogP contribution in [0.3, 0.4) is 0 Å². The average molecular weight is 532 g/mol. The third-order valence-corrected chi connectivity index (χ3v) is 8.41. The molecule has 1 heteroatoms. The first-order chi connectivity index (χ1) is 19.9. The maximum absolute atomic E-state index is 3.98. The summed E-state index contributed by atoms with van der Waals surface area (Å²) in [4.78, 5) is 2.36. The molecule has 41 heavy (non-hydrogen) atoms. The first-order valence-corrected chi connectivity index (χ1v) is 14.6. The SMILES string of the molecule is C=C/C(=C\CC)c1ccc(-c2ccc(N(c3ccccc3)c3ccc4c(c3)C(C)(C)c3cc(C)ccc3-4)cc2)cc1. The highest BCUT2D eigenvalue weighted by Gasteiger charge is 2.36. The minimum Gasteiger partial charge on any atom is -0.310 e. The second-order valence-corrected chi connectivity index (χ2v) is 11.5. The van der Waals surface area contributed by atoms with Gasteiger partial charge in [0.1, 0.15) is 0 Å². The molecule has 0 aromatic heterocycles. The van der Waals surface area contributed by atoms with Crippen LogP contribution in [0.5, 0.6) is 0 Å². The monoisotopic (exact) mass is 531 g/mol. The lowest BCUT2D eigenvalue weighted by atomic mass is 9.82. The van der Waals surface area contributed by atoms with Crippen molar-refractivity contribution in [2.24, 2.45) is 0 Å². The Bertz CT molecular complexity index is 1740. The van der Waals surface area contributed by atoms with E-state index in [0.717, 1.165) is 17.8 Å². The van der Waals surface area contributed by atoms with Crippen LogP contribution < -0.4 is 4.90 Å². The van der Waals surface area contributed by atoms with Crippen molar-refractivity contribution in [3.05, 3.63) is 156 Å². The summed E-state index contributed by atoms with van der Waals surface area (Å²) in [6, 6.07) is 42.2. The number of nitrogens with zero attached hydrogens (tertiary/aromatic N) is 1. The fourth-order valence-electron chi connectivity index (χ4n) is 6.20. The van der Waals surface area contributed by atoms with Crippen molar-refractivity contribution in [3.8, 4) is 22.3 Å². The molecule has 0 spiro atoms. The number of hydrogen-bond donors (Lipinski definition) is 0. The lowest BCUT2D eigenvalue weighted by Crippen LogP contribution is -2.16. The zero-order valence-electron chi connectivity index (χ0n) is 24.5. The van der Waals surface area contributed by atoms with E-state index < -0.39 is 0 Å². The van der Waals surface area contributed by atoms with Crippen LogP contribution in [0.25, 0.3) is 27.8 Å². The standard InChI is InChI=1S/C40H37N/c1-6-11-29(7-2)30-15-17-31(18-16-30)32-19-21-34(22-20-32)41(33-12-9-8-10-13-33)35-23-25-37-36-24-14-28(3)26-38(36)40(4,5)39(37)27-35/h7-27H,2,6H2,1,3-5H3/b29-11+. The molecule has 0 N–H and O–H groups in total. The molecule has 0 saturated carbocycles. The molecule has 0 heterocycles. The van der Waals surface area contributed by atoms with Gasteiger partial charge >= 0.3 is 0 Å². The fourth-order valence-corrected chi connectivity index (χ4v) is 6.20. The molecule has 0 saturated heterocycles. The first-order valence-electron chi connectivity index (χ1n) is 14.6. The van der Waals surface area contributed by atoms with Crippen molar-refractivity contribution in [1.29, 1.82) is 0 Å². The Hall–Kier alpha value is -4.62. The van der Waals surface area contributed by atoms with E-state index in [1.54, 1.807) is 0 Å². The van der Waals surface area contributed by atoms with E-state index in [2.05, 4.69) is 161 Å². The Morgan fingerprint density at radius 2 is 1.24 bits per heavy atom. The van der Waals surface area contributed by atoms with Crippen molar-refractivity contribution >= 4 is 22.6 Å². The van der Waals surface area contributed by atoms with Crippen LogP contribution in [0.2, 0.25) is 0 Å². The molecule has 0 unspecified atom stereocenters. The summed E-state index contributed by atoms with van der Waals surface area (Å²) in [6.45, 7) is 13.0. The summed E-state index contributed by atoms with van der Waals surface area (Å²) in [7, 11) is 0. The van der Waals surface area contributed by atoms with E-state index >= 15 is 0 Å². The highest BCUT2D eigenvalue weighted by atomic mass is 15.1. The van der Waals surface area contributed by atoms with Crippen LogP contribution in [-0.4, -0.2) is 0 Å². The molecule has 5 aromatic carbocycles. The number of benzene rings is 5. The van der Waals surface area contributed by atoms with E-state index in [0.29, 0.717) is 0 Å². The summed E-state index contributed by atoms with van der Waals surface area (Å²) < 4.78 is 0. The van der Waals surface area contributed by atoms with Gasteiger partial charge in [-0.1, -0.05) is 124 Å². The average Bonchev–Trinajstić information content (AvgIpc) is 3.22. The highest BCUT2D eigenvalue weighted by molar-refractivity contribution is 5.86. The number of hydrogen-bond acceptors (Lipinski definition) is 1. The predicted molar refractivity (Wildman–Crippen MR) is 177 cm³/mol. The van der Waals surface area contributed by atoms with Crippen molar-refractivity contribution < 1.29 is 0 Å². The molecule has 202 valence electrons. The van der Waals surface area contributed by atoms with Crippen LogP contribution in [0, 0.1) is 6.92 Å². The van der Waals surface area contributed by atoms with Crippen molar-refractivity contribution in [2.45, 2.75) is 39.5 Å². The molecule has 1 nitrogen and oxygen atoms in total. The van der Waals surface area contributed by atoms with Gasteiger partial charge in [-0.2, -0.15) is 0 Å². The molecular weight excluding hydrogens is 494 g/mol. The van der Waals surface area contributed by atoms with Crippen LogP contribution in [0.4, 0.5) is 17.1 Å². The Balaban J connectivity index is 1.38. The summed E-state index contributed by atoms with van der Waals surface area (Å²) in [5, 5.41) is 0. The van der Waals surface area contributed by atoms with Gasteiger partial charge in [-0.15, -0.1) is 0 Å². The van der Waals surface area contributed by atoms with Gasteiger partial charge < -0.3 is 4.90 Å². The fraction of sp³-hybridized carbons (Fsp3) is 0.150. The van der Waals surface area contributed by atoms with E-state index in [4.69, 9.17) is 0 Å². The third kappa shape index (κ3) is 4.83. The summed E-state index contributed by atoms with van der Waals surface area (Å²) >= 11 is 0. The van der Waals surface area contributed by atoms with E-state index in [-0.39, 0.29) is 5.41 Å². The number of anilines is 3. The van der Waals surface area contributed by atoms with Gasteiger partial charge in [-0.25, -0.2) is 0 Å². The Labute approximate surface area is 245 Å². The topological polar surface area (TPSA) is 3.24 Å². The molecule has 0 bridgehead atoms. The lowest BCUT2D eigenvalue weighted by Gasteiger charge is -2.28. The maximum atomic E-state index is 3.98. The molecular formula is C40H37N. The molecule has 0 aliphatic heterocycles. The van der Waals surface area contributed by atoms with Gasteiger partial charge in [-0.05, 0) is 94.3 Å². The second-order valence-electron chi connectivity index (χ2n) is 11.5. The molecule has 5 aromatic rings. The Kier molecular flexibility index (Phi) is 6.97. The van der Waals surface area contributed by atoms with Crippen LogP contribution >= 0.6 is 0 Å². The smallest absolute Gasteiger partial charge is 0.0465 e. The Morgan fingerprint density at radius 1 is 0.683 bits per heavy atom. The highest BCUT2D eigenvalue weighted by Crippen LogP contribution is 2.50. The van der Waals surface area contributed by atoms with Gasteiger partial charge in [0.05, 0.1) is 0 Å². The normalized spacial score (nSPS) is 13.4. The number of rotatable bonds is 7. The second kappa shape index (κ2) is 10.7. The summed E-state index contributed by atoms with van der Waals surface area (Å²) in [6.07, 6.45) is 5.15. The van der Waals surface area contributed by atoms with E-state index in [1.165, 1.54) is 55.8 Å².